The Morgan fingerprint density at radius 3 is 2.68 bits per heavy atom. The van der Waals surface area contributed by atoms with E-state index in [1.807, 2.05) is 14.1 Å². The SMILES string of the molecule is CN(C)CCCc1cnc(Nc2ccc(F)cc2F)nc1N. The van der Waals surface area contributed by atoms with E-state index in [1.54, 1.807) is 6.20 Å². The lowest BCUT2D eigenvalue weighted by Gasteiger charge is -2.11. The second-order valence-electron chi connectivity index (χ2n) is 5.26. The maximum Gasteiger partial charge on any atom is 0.229 e. The lowest BCUT2D eigenvalue weighted by atomic mass is 10.1. The van der Waals surface area contributed by atoms with Gasteiger partial charge in [-0.25, -0.2) is 13.8 Å². The van der Waals surface area contributed by atoms with Gasteiger partial charge in [-0.15, -0.1) is 0 Å². The van der Waals surface area contributed by atoms with E-state index in [4.69, 9.17) is 5.73 Å². The smallest absolute Gasteiger partial charge is 0.229 e. The van der Waals surface area contributed by atoms with Gasteiger partial charge >= 0.3 is 0 Å². The highest BCUT2D eigenvalue weighted by Crippen LogP contribution is 2.20. The van der Waals surface area contributed by atoms with Gasteiger partial charge < -0.3 is 16.0 Å². The zero-order valence-electron chi connectivity index (χ0n) is 12.6. The first-order valence-electron chi connectivity index (χ1n) is 6.94. The van der Waals surface area contributed by atoms with Crippen molar-refractivity contribution in [3.8, 4) is 0 Å². The number of hydrogen-bond donors (Lipinski definition) is 2. The quantitative estimate of drug-likeness (QED) is 0.858. The fraction of sp³-hybridized carbons (Fsp3) is 0.333. The summed E-state index contributed by atoms with van der Waals surface area (Å²) < 4.78 is 26.4. The summed E-state index contributed by atoms with van der Waals surface area (Å²) in [6, 6.07) is 3.24. The van der Waals surface area contributed by atoms with Crippen molar-refractivity contribution in [2.24, 2.45) is 0 Å². The van der Waals surface area contributed by atoms with E-state index in [0.29, 0.717) is 5.82 Å². The molecule has 0 aliphatic carbocycles. The van der Waals surface area contributed by atoms with E-state index in [9.17, 15) is 8.78 Å². The molecule has 2 aromatic rings. The minimum absolute atomic E-state index is 0.0983. The molecule has 0 bridgehead atoms. The van der Waals surface area contributed by atoms with E-state index >= 15 is 0 Å². The molecule has 0 unspecified atom stereocenters. The molecule has 1 aromatic carbocycles. The van der Waals surface area contributed by atoms with Gasteiger partial charge in [0.15, 0.2) is 0 Å². The Bertz CT molecular complexity index is 646. The van der Waals surface area contributed by atoms with Gasteiger partial charge in [-0.3, -0.25) is 0 Å². The average Bonchev–Trinajstić information content (AvgIpc) is 2.44. The molecule has 22 heavy (non-hydrogen) atoms. The molecule has 1 aromatic heterocycles. The van der Waals surface area contributed by atoms with Crippen molar-refractivity contribution in [1.82, 2.24) is 14.9 Å². The Morgan fingerprint density at radius 1 is 1.27 bits per heavy atom. The van der Waals surface area contributed by atoms with Crippen LogP contribution in [0.15, 0.2) is 24.4 Å². The third-order valence-electron chi connectivity index (χ3n) is 3.13. The number of aryl methyl sites for hydroxylation is 1. The third-order valence-corrected chi connectivity index (χ3v) is 3.13. The van der Waals surface area contributed by atoms with Crippen molar-refractivity contribution >= 4 is 17.5 Å². The van der Waals surface area contributed by atoms with Crippen LogP contribution in [0.3, 0.4) is 0 Å². The highest BCUT2D eigenvalue weighted by molar-refractivity contribution is 5.56. The number of nitrogens with one attached hydrogen (secondary N) is 1. The average molecular weight is 307 g/mol. The summed E-state index contributed by atoms with van der Waals surface area (Å²) in [7, 11) is 4.01. The summed E-state index contributed by atoms with van der Waals surface area (Å²) in [5.74, 6) is -0.810. The highest BCUT2D eigenvalue weighted by atomic mass is 19.1. The predicted octanol–water partition coefficient (Wildman–Crippen LogP) is 2.57. The number of rotatable bonds is 6. The molecule has 3 N–H and O–H groups in total. The number of nitrogens with zero attached hydrogens (tertiary/aromatic N) is 3. The van der Waals surface area contributed by atoms with E-state index in [2.05, 4.69) is 20.2 Å². The summed E-state index contributed by atoms with van der Waals surface area (Å²) in [4.78, 5) is 10.3. The maximum absolute atomic E-state index is 13.6. The Kier molecular flexibility index (Phi) is 5.21. The van der Waals surface area contributed by atoms with Crippen LogP contribution in [0.4, 0.5) is 26.2 Å². The van der Waals surface area contributed by atoms with Gasteiger partial charge in [-0.2, -0.15) is 4.98 Å². The molecule has 0 amide bonds. The van der Waals surface area contributed by atoms with Crippen LogP contribution in [0.2, 0.25) is 0 Å². The third kappa shape index (κ3) is 4.36. The number of benzene rings is 1. The lowest BCUT2D eigenvalue weighted by molar-refractivity contribution is 0.400. The maximum atomic E-state index is 13.6. The normalized spacial score (nSPS) is 11.0. The summed E-state index contributed by atoms with van der Waals surface area (Å²) in [6.45, 7) is 0.945. The summed E-state index contributed by atoms with van der Waals surface area (Å²) in [5, 5.41) is 2.69. The first-order valence-corrected chi connectivity index (χ1v) is 6.94. The van der Waals surface area contributed by atoms with Crippen LogP contribution in [0, 0.1) is 11.6 Å². The molecule has 0 spiro atoms. The van der Waals surface area contributed by atoms with Crippen molar-refractivity contribution in [2.45, 2.75) is 12.8 Å². The zero-order valence-corrected chi connectivity index (χ0v) is 12.6. The Morgan fingerprint density at radius 2 is 2.05 bits per heavy atom. The number of hydrogen-bond acceptors (Lipinski definition) is 5. The second kappa shape index (κ2) is 7.13. The van der Waals surface area contributed by atoms with Crippen LogP contribution >= 0.6 is 0 Å². The monoisotopic (exact) mass is 307 g/mol. The predicted molar refractivity (Wildman–Crippen MR) is 83.0 cm³/mol. The Balaban J connectivity index is 2.05. The molecule has 1 heterocycles. The van der Waals surface area contributed by atoms with Crippen molar-refractivity contribution < 1.29 is 8.78 Å². The Hall–Kier alpha value is -2.28. The van der Waals surface area contributed by atoms with Crippen LogP contribution < -0.4 is 11.1 Å². The molecule has 5 nitrogen and oxygen atoms in total. The first-order chi connectivity index (χ1) is 10.5. The van der Waals surface area contributed by atoms with Gasteiger partial charge in [0, 0.05) is 17.8 Å². The van der Waals surface area contributed by atoms with E-state index < -0.39 is 11.6 Å². The fourth-order valence-corrected chi connectivity index (χ4v) is 1.97. The van der Waals surface area contributed by atoms with E-state index in [1.165, 1.54) is 6.07 Å². The van der Waals surface area contributed by atoms with Gasteiger partial charge in [0.25, 0.3) is 0 Å². The molecular weight excluding hydrogens is 288 g/mol. The number of anilines is 3. The first kappa shape index (κ1) is 16.1. The van der Waals surface area contributed by atoms with Crippen molar-refractivity contribution in [2.75, 3.05) is 31.7 Å². The highest BCUT2D eigenvalue weighted by Gasteiger charge is 2.08. The number of halogens is 2. The van der Waals surface area contributed by atoms with E-state index in [0.717, 1.165) is 37.1 Å². The number of aromatic nitrogens is 2. The van der Waals surface area contributed by atoms with Gasteiger partial charge in [0.05, 0.1) is 5.69 Å². The Labute approximate surface area is 128 Å². The number of nitrogen functional groups attached to an aromatic ring is 1. The standard InChI is InChI=1S/C15H19F2N5/c1-22(2)7-3-4-10-9-19-15(21-14(10)18)20-13-6-5-11(16)8-12(13)17/h5-6,8-9H,3-4,7H2,1-2H3,(H3,18,19,20,21). The summed E-state index contributed by atoms with van der Waals surface area (Å²) in [6.07, 6.45) is 3.34. The molecule has 0 saturated carbocycles. The molecule has 0 fully saturated rings. The van der Waals surface area contributed by atoms with Crippen LogP contribution in [0.1, 0.15) is 12.0 Å². The largest absolute Gasteiger partial charge is 0.383 e. The van der Waals surface area contributed by atoms with Crippen molar-refractivity contribution in [3.63, 3.8) is 0 Å². The van der Waals surface area contributed by atoms with Crippen molar-refractivity contribution in [1.29, 1.82) is 0 Å². The number of nitrogens with two attached hydrogens (primary N) is 1. The summed E-state index contributed by atoms with van der Waals surface area (Å²) in [5.41, 5.74) is 6.85. The van der Waals surface area contributed by atoms with Crippen molar-refractivity contribution in [3.05, 3.63) is 41.6 Å². The van der Waals surface area contributed by atoms with Crippen LogP contribution in [-0.4, -0.2) is 35.5 Å². The van der Waals surface area contributed by atoms with Gasteiger partial charge in [0.1, 0.15) is 17.5 Å². The zero-order chi connectivity index (χ0) is 16.1. The van der Waals surface area contributed by atoms with Gasteiger partial charge in [0.2, 0.25) is 5.95 Å². The van der Waals surface area contributed by atoms with Crippen LogP contribution in [0.5, 0.6) is 0 Å². The van der Waals surface area contributed by atoms with Crippen LogP contribution in [-0.2, 0) is 6.42 Å². The molecule has 0 atom stereocenters. The molecule has 0 aliphatic rings. The second-order valence-corrected chi connectivity index (χ2v) is 5.26. The van der Waals surface area contributed by atoms with Gasteiger partial charge in [-0.1, -0.05) is 0 Å². The molecule has 2 rings (SSSR count). The molecular formula is C15H19F2N5. The molecule has 0 saturated heterocycles. The van der Waals surface area contributed by atoms with Gasteiger partial charge in [-0.05, 0) is 45.6 Å². The molecule has 7 heteroatoms. The minimum Gasteiger partial charge on any atom is -0.383 e. The minimum atomic E-state index is -0.711. The molecule has 0 aliphatic heterocycles. The van der Waals surface area contributed by atoms with Crippen LogP contribution in [0.25, 0.3) is 0 Å². The topological polar surface area (TPSA) is 67.1 Å². The fourth-order valence-electron chi connectivity index (χ4n) is 1.97. The molecule has 0 radical (unpaired) electrons. The van der Waals surface area contributed by atoms with E-state index in [-0.39, 0.29) is 11.6 Å². The molecule has 118 valence electrons. The lowest BCUT2D eigenvalue weighted by Crippen LogP contribution is -2.14. The summed E-state index contributed by atoms with van der Waals surface area (Å²) >= 11 is 0.